The number of allylic oxidation sites excluding steroid dienone is 10. The van der Waals surface area contributed by atoms with Crippen LogP contribution >= 0.6 is 7.82 Å². The minimum absolute atomic E-state index is 0.0561. The normalized spacial score (nSPS) is 13.3. The van der Waals surface area contributed by atoms with Crippen LogP contribution in [0.15, 0.2) is 60.8 Å². The molecule has 3 N–H and O–H groups in total. The lowest BCUT2D eigenvalue weighted by Crippen LogP contribution is -2.29. The van der Waals surface area contributed by atoms with Crippen LogP contribution in [0.25, 0.3) is 0 Å². The Morgan fingerprint density at radius 3 is 0.988 bits per heavy atom. The van der Waals surface area contributed by atoms with Gasteiger partial charge in [0.1, 0.15) is 6.61 Å². The van der Waals surface area contributed by atoms with Gasteiger partial charge in [0.15, 0.2) is 6.10 Å². The summed E-state index contributed by atoms with van der Waals surface area (Å²) in [4.78, 5) is 35.3. The van der Waals surface area contributed by atoms with Gasteiger partial charge in [0.05, 0.1) is 13.2 Å². The summed E-state index contributed by atoms with van der Waals surface area (Å²) in [6, 6.07) is 0. The smallest absolute Gasteiger partial charge is 0.462 e. The average Bonchev–Trinajstić information content (AvgIpc) is 3.49. The van der Waals surface area contributed by atoms with Gasteiger partial charge in [-0.2, -0.15) is 0 Å². The second kappa shape index (κ2) is 68.8. The van der Waals surface area contributed by atoms with Gasteiger partial charge >= 0.3 is 19.8 Å². The summed E-state index contributed by atoms with van der Waals surface area (Å²) in [6.45, 7) is 3.70. The van der Waals surface area contributed by atoms with Crippen molar-refractivity contribution in [3.63, 3.8) is 0 Å². The molecule has 0 fully saturated rings. The monoisotopic (exact) mass is 1190 g/mol. The number of rotatable bonds is 68. The number of hydrogen-bond donors (Lipinski definition) is 2. The van der Waals surface area contributed by atoms with Gasteiger partial charge in [0, 0.05) is 19.4 Å². The molecule has 0 aliphatic rings. The maximum atomic E-state index is 12.8. The van der Waals surface area contributed by atoms with E-state index in [0.717, 1.165) is 64.2 Å². The summed E-state index contributed by atoms with van der Waals surface area (Å²) < 4.78 is 33.2. The van der Waals surface area contributed by atoms with E-state index < -0.39 is 26.5 Å². The lowest BCUT2D eigenvalue weighted by Gasteiger charge is -2.19. The predicted molar refractivity (Wildman–Crippen MR) is 358 cm³/mol. The topological polar surface area (TPSA) is 134 Å². The first kappa shape index (κ1) is 80.7. The molecule has 2 atom stereocenters. The molecule has 0 saturated heterocycles. The standard InChI is InChI=1S/C73H136NO8P/c1-3-5-7-9-11-13-15-17-19-21-23-25-26-27-28-29-30-31-32-33-34-35-36-37-38-39-40-41-42-43-44-46-48-50-52-54-56-58-60-62-64-66-73(76)82-71(70-81-83(77,78)80-68-67-74)69-79-72(75)65-63-61-59-57-55-53-51-49-47-45-24-22-20-18-16-14-12-10-8-6-4-2/h5,7,11,13,17,19,23,25,27-28,71H,3-4,6,8-10,12,14-16,18,20-22,24,26,29-70,74H2,1-2H3,(H,77,78)/b7-5-,13-11-,19-17-,25-23-,28-27-. The van der Waals surface area contributed by atoms with E-state index in [-0.39, 0.29) is 38.6 Å². The summed E-state index contributed by atoms with van der Waals surface area (Å²) >= 11 is 0. The number of esters is 2. The number of carbonyl (C=O) groups excluding carboxylic acids is 2. The Morgan fingerprint density at radius 1 is 0.373 bits per heavy atom. The van der Waals surface area contributed by atoms with Crippen molar-refractivity contribution in [3.8, 4) is 0 Å². The second-order valence-corrected chi connectivity index (χ2v) is 25.5. The van der Waals surface area contributed by atoms with Gasteiger partial charge in [-0.1, -0.05) is 351 Å². The molecule has 0 aromatic heterocycles. The molecule has 2 unspecified atom stereocenters. The molecule has 0 aromatic rings. The van der Waals surface area contributed by atoms with Crippen LogP contribution in [0.5, 0.6) is 0 Å². The Morgan fingerprint density at radius 2 is 0.663 bits per heavy atom. The molecule has 83 heavy (non-hydrogen) atoms. The van der Waals surface area contributed by atoms with Gasteiger partial charge in [-0.15, -0.1) is 0 Å². The summed E-state index contributed by atoms with van der Waals surface area (Å²) in [5.41, 5.74) is 5.40. The first-order valence-electron chi connectivity index (χ1n) is 35.8. The highest BCUT2D eigenvalue weighted by Gasteiger charge is 2.26. The van der Waals surface area contributed by atoms with Crippen molar-refractivity contribution in [2.24, 2.45) is 5.73 Å². The molecule has 0 radical (unpaired) electrons. The van der Waals surface area contributed by atoms with Crippen LogP contribution in [0.2, 0.25) is 0 Å². The Bertz CT molecular complexity index is 1540. The van der Waals surface area contributed by atoms with E-state index in [1.165, 1.54) is 263 Å². The molecule has 0 aliphatic heterocycles. The van der Waals surface area contributed by atoms with Crippen LogP contribution in [0.4, 0.5) is 0 Å². The van der Waals surface area contributed by atoms with Crippen molar-refractivity contribution in [2.45, 2.75) is 367 Å². The van der Waals surface area contributed by atoms with E-state index in [0.29, 0.717) is 6.42 Å². The van der Waals surface area contributed by atoms with Gasteiger partial charge < -0.3 is 20.1 Å². The first-order chi connectivity index (χ1) is 40.8. The Hall–Kier alpha value is -2.29. The third kappa shape index (κ3) is 68.7. The van der Waals surface area contributed by atoms with E-state index >= 15 is 0 Å². The van der Waals surface area contributed by atoms with E-state index in [1.54, 1.807) is 0 Å². The van der Waals surface area contributed by atoms with Crippen molar-refractivity contribution in [2.75, 3.05) is 26.4 Å². The SMILES string of the molecule is CC/C=C\C/C=C\C/C=C\C/C=C\C/C=C\CCCCCCCCCCCCCCCCCCCCCCCCCCCC(=O)OC(COC(=O)CCCCCCCCCCCCCCCCCCCCCCC)COP(=O)(O)OCCN. The van der Waals surface area contributed by atoms with Crippen LogP contribution in [0.3, 0.4) is 0 Å². The summed E-state index contributed by atoms with van der Waals surface area (Å²) in [5, 5.41) is 0. The van der Waals surface area contributed by atoms with Crippen LogP contribution in [0, 0.1) is 0 Å². The fourth-order valence-corrected chi connectivity index (χ4v) is 11.4. The zero-order chi connectivity index (χ0) is 60.1. The maximum Gasteiger partial charge on any atom is 0.472 e. The van der Waals surface area contributed by atoms with Crippen LogP contribution in [0.1, 0.15) is 361 Å². The molecule has 0 rings (SSSR count). The van der Waals surface area contributed by atoms with Gasteiger partial charge in [0.25, 0.3) is 0 Å². The molecule has 0 spiro atoms. The van der Waals surface area contributed by atoms with Crippen LogP contribution < -0.4 is 5.73 Å². The quantitative estimate of drug-likeness (QED) is 0.0264. The minimum Gasteiger partial charge on any atom is -0.462 e. The fraction of sp³-hybridized carbons (Fsp3) is 0.836. The summed E-state index contributed by atoms with van der Waals surface area (Å²) in [6.07, 6.45) is 89.1. The molecule has 10 heteroatoms. The van der Waals surface area contributed by atoms with Gasteiger partial charge in [-0.05, 0) is 57.8 Å². The van der Waals surface area contributed by atoms with Gasteiger partial charge in [-0.3, -0.25) is 18.6 Å². The van der Waals surface area contributed by atoms with E-state index in [1.807, 2.05) is 0 Å². The second-order valence-electron chi connectivity index (χ2n) is 24.1. The summed E-state index contributed by atoms with van der Waals surface area (Å²) in [5.74, 6) is -0.804. The zero-order valence-electron chi connectivity index (χ0n) is 54.7. The molecule has 0 amide bonds. The lowest BCUT2D eigenvalue weighted by atomic mass is 10.0. The van der Waals surface area contributed by atoms with Gasteiger partial charge in [-0.25, -0.2) is 4.57 Å². The average molecular weight is 1190 g/mol. The number of ether oxygens (including phenoxy) is 2. The Balaban J connectivity index is 3.76. The predicted octanol–water partition coefficient (Wildman–Crippen LogP) is 23.4. The lowest BCUT2D eigenvalue weighted by molar-refractivity contribution is -0.161. The Kier molecular flexibility index (Phi) is 66.9. The minimum atomic E-state index is -4.39. The molecule has 0 saturated carbocycles. The highest BCUT2D eigenvalue weighted by atomic mass is 31.2. The molecule has 0 heterocycles. The van der Waals surface area contributed by atoms with Gasteiger partial charge in [0.2, 0.25) is 0 Å². The molecular weight excluding hydrogens is 1050 g/mol. The van der Waals surface area contributed by atoms with Crippen LogP contribution in [-0.2, 0) is 32.7 Å². The van der Waals surface area contributed by atoms with E-state index in [4.69, 9.17) is 24.3 Å². The number of carbonyl (C=O) groups is 2. The molecule has 486 valence electrons. The van der Waals surface area contributed by atoms with Crippen molar-refractivity contribution >= 4 is 19.8 Å². The highest BCUT2D eigenvalue weighted by Crippen LogP contribution is 2.43. The van der Waals surface area contributed by atoms with Crippen molar-refractivity contribution in [1.29, 1.82) is 0 Å². The third-order valence-electron chi connectivity index (χ3n) is 15.9. The summed E-state index contributed by atoms with van der Waals surface area (Å²) in [7, 11) is -4.39. The molecule has 0 bridgehead atoms. The fourth-order valence-electron chi connectivity index (χ4n) is 10.7. The van der Waals surface area contributed by atoms with Crippen molar-refractivity contribution < 1.29 is 37.6 Å². The van der Waals surface area contributed by atoms with E-state index in [9.17, 15) is 19.0 Å². The maximum absolute atomic E-state index is 12.8. The highest BCUT2D eigenvalue weighted by molar-refractivity contribution is 7.47. The number of hydrogen-bond acceptors (Lipinski definition) is 8. The zero-order valence-corrected chi connectivity index (χ0v) is 55.6. The molecule has 9 nitrogen and oxygen atoms in total. The number of nitrogens with two attached hydrogens (primary N) is 1. The Labute approximate surface area is 514 Å². The van der Waals surface area contributed by atoms with Crippen molar-refractivity contribution in [1.82, 2.24) is 0 Å². The largest absolute Gasteiger partial charge is 0.472 e. The molecule has 0 aliphatic carbocycles. The number of unbranched alkanes of at least 4 members (excludes halogenated alkanes) is 45. The first-order valence-corrected chi connectivity index (χ1v) is 37.3. The number of phosphoric acid groups is 1. The number of phosphoric ester groups is 1. The van der Waals surface area contributed by atoms with Crippen molar-refractivity contribution in [3.05, 3.63) is 60.8 Å². The third-order valence-corrected chi connectivity index (χ3v) is 16.9. The van der Waals surface area contributed by atoms with Crippen LogP contribution in [-0.4, -0.2) is 49.3 Å². The van der Waals surface area contributed by atoms with E-state index in [2.05, 4.69) is 74.6 Å². The molecule has 0 aromatic carbocycles. The molecular formula is C73H136NO8P.